The molecule has 0 amide bonds. The number of nitrogens with one attached hydrogen (secondary N) is 1. The van der Waals surface area contributed by atoms with Gasteiger partial charge in [-0.3, -0.25) is 9.80 Å². The van der Waals surface area contributed by atoms with Crippen LogP contribution in [-0.4, -0.2) is 50.6 Å². The van der Waals surface area contributed by atoms with Crippen LogP contribution in [0.5, 0.6) is 0 Å². The lowest BCUT2D eigenvalue weighted by atomic mass is 9.79. The Balaban J connectivity index is 1.35. The van der Waals surface area contributed by atoms with Crippen LogP contribution in [0.15, 0.2) is 72.1 Å². The van der Waals surface area contributed by atoms with Gasteiger partial charge in [-0.2, -0.15) is 0 Å². The Morgan fingerprint density at radius 1 is 1.00 bits per heavy atom. The number of likely N-dealkylation sites (tertiary alicyclic amines) is 1. The van der Waals surface area contributed by atoms with Crippen molar-refractivity contribution >= 4 is 11.3 Å². The number of nitrogens with zero attached hydrogens (tertiary/aromatic N) is 2. The zero-order valence-electron chi connectivity index (χ0n) is 20.9. The van der Waals surface area contributed by atoms with Gasteiger partial charge in [0, 0.05) is 30.1 Å². The summed E-state index contributed by atoms with van der Waals surface area (Å²) in [4.78, 5) is 6.34. The van der Waals surface area contributed by atoms with Gasteiger partial charge in [0.05, 0.1) is 12.7 Å². The van der Waals surface area contributed by atoms with Crippen LogP contribution in [0.1, 0.15) is 46.9 Å². The van der Waals surface area contributed by atoms with Crippen LogP contribution in [0.4, 0.5) is 0 Å². The van der Waals surface area contributed by atoms with E-state index in [-0.39, 0.29) is 11.6 Å². The fourth-order valence-electron chi connectivity index (χ4n) is 5.15. The second kappa shape index (κ2) is 12.1. The van der Waals surface area contributed by atoms with Gasteiger partial charge in [-0.25, -0.2) is 0 Å². The molecule has 182 valence electrons. The Morgan fingerprint density at radius 2 is 1.76 bits per heavy atom. The minimum atomic E-state index is 0.137. The zero-order chi connectivity index (χ0) is 23.8. The van der Waals surface area contributed by atoms with Crippen molar-refractivity contribution < 1.29 is 4.74 Å². The second-order valence-corrected chi connectivity index (χ2v) is 10.6. The summed E-state index contributed by atoms with van der Waals surface area (Å²) in [5.41, 5.74) is 4.21. The summed E-state index contributed by atoms with van der Waals surface area (Å²) in [5, 5.41) is 5.38. The first-order valence-corrected chi connectivity index (χ1v) is 13.3. The van der Waals surface area contributed by atoms with Gasteiger partial charge in [0.1, 0.15) is 0 Å². The Bertz CT molecular complexity index is 982. The first-order valence-electron chi connectivity index (χ1n) is 12.4. The lowest BCUT2D eigenvalue weighted by molar-refractivity contribution is 0.0366. The molecule has 2 aromatic carbocycles. The Kier molecular flexibility index (Phi) is 8.92. The van der Waals surface area contributed by atoms with Gasteiger partial charge in [-0.1, -0.05) is 60.7 Å². The van der Waals surface area contributed by atoms with E-state index in [0.717, 1.165) is 45.4 Å². The molecule has 1 aromatic heterocycles. The van der Waals surface area contributed by atoms with Gasteiger partial charge in [0.2, 0.25) is 0 Å². The van der Waals surface area contributed by atoms with Crippen molar-refractivity contribution in [1.82, 2.24) is 15.1 Å². The Hall–Kier alpha value is -2.02. The molecule has 4 rings (SSSR count). The summed E-state index contributed by atoms with van der Waals surface area (Å²) in [5.74, 6) is 0. The third kappa shape index (κ3) is 6.15. The molecule has 4 nitrogen and oxygen atoms in total. The minimum absolute atomic E-state index is 0.137. The topological polar surface area (TPSA) is 27.7 Å². The van der Waals surface area contributed by atoms with Crippen LogP contribution in [0.2, 0.25) is 0 Å². The van der Waals surface area contributed by atoms with Gasteiger partial charge in [-0.15, -0.1) is 11.3 Å². The van der Waals surface area contributed by atoms with Crippen LogP contribution in [-0.2, 0) is 23.4 Å². The lowest BCUT2D eigenvalue weighted by Crippen LogP contribution is -2.50. The number of hydrogen-bond donors (Lipinski definition) is 1. The van der Waals surface area contributed by atoms with Crippen molar-refractivity contribution in [3.05, 3.63) is 93.7 Å². The van der Waals surface area contributed by atoms with Gasteiger partial charge in [-0.05, 0) is 75.1 Å². The smallest absolute Gasteiger partial charge is 0.0933 e. The summed E-state index contributed by atoms with van der Waals surface area (Å²) in [6.45, 7) is 4.82. The third-order valence-corrected chi connectivity index (χ3v) is 8.18. The number of thiophene rings is 1. The molecule has 34 heavy (non-hydrogen) atoms. The lowest BCUT2D eigenvalue weighted by Gasteiger charge is -2.46. The molecule has 0 bridgehead atoms. The van der Waals surface area contributed by atoms with E-state index in [1.165, 1.54) is 21.6 Å². The third-order valence-electron chi connectivity index (χ3n) is 7.22. The normalized spacial score (nSPS) is 17.2. The highest BCUT2D eigenvalue weighted by molar-refractivity contribution is 7.10. The zero-order valence-corrected chi connectivity index (χ0v) is 21.7. The molecule has 1 atom stereocenters. The number of rotatable bonds is 11. The monoisotopic (exact) mass is 477 g/mol. The van der Waals surface area contributed by atoms with Gasteiger partial charge in [0.25, 0.3) is 0 Å². The molecule has 1 saturated heterocycles. The van der Waals surface area contributed by atoms with E-state index in [4.69, 9.17) is 4.74 Å². The molecule has 0 radical (unpaired) electrons. The van der Waals surface area contributed by atoms with E-state index in [0.29, 0.717) is 6.61 Å². The van der Waals surface area contributed by atoms with E-state index >= 15 is 0 Å². The molecule has 2 heterocycles. The van der Waals surface area contributed by atoms with Gasteiger partial charge < -0.3 is 10.1 Å². The molecule has 0 aliphatic carbocycles. The van der Waals surface area contributed by atoms with E-state index in [1.807, 2.05) is 7.05 Å². The maximum absolute atomic E-state index is 6.37. The highest BCUT2D eigenvalue weighted by Crippen LogP contribution is 2.37. The molecule has 5 heteroatoms. The SMILES string of the molecule is CNCC[C@H](OCc1cccc(CN2CCC(c3ccccc3)(N(C)C)CC2)c1)c1cccs1. The van der Waals surface area contributed by atoms with Crippen LogP contribution in [0.3, 0.4) is 0 Å². The first-order chi connectivity index (χ1) is 16.6. The van der Waals surface area contributed by atoms with Crippen LogP contribution >= 0.6 is 11.3 Å². The first kappa shape index (κ1) is 25.1. The predicted molar refractivity (Wildman–Crippen MR) is 143 cm³/mol. The highest BCUT2D eigenvalue weighted by Gasteiger charge is 2.37. The van der Waals surface area contributed by atoms with Gasteiger partial charge in [0.15, 0.2) is 0 Å². The largest absolute Gasteiger partial charge is 0.368 e. The molecule has 3 aromatic rings. The number of piperidine rings is 1. The molecule has 0 spiro atoms. The van der Waals surface area contributed by atoms with Crippen molar-refractivity contribution in [3.63, 3.8) is 0 Å². The maximum atomic E-state index is 6.37. The number of hydrogen-bond acceptors (Lipinski definition) is 5. The molecule has 1 aliphatic rings. The van der Waals surface area contributed by atoms with E-state index in [9.17, 15) is 0 Å². The number of ether oxygens (including phenoxy) is 1. The predicted octanol–water partition coefficient (Wildman–Crippen LogP) is 5.67. The highest BCUT2D eigenvalue weighted by atomic mass is 32.1. The van der Waals surface area contributed by atoms with Crippen molar-refractivity contribution in [2.24, 2.45) is 0 Å². The van der Waals surface area contributed by atoms with Crippen molar-refractivity contribution in [2.45, 2.75) is 44.1 Å². The molecule has 0 saturated carbocycles. The summed E-state index contributed by atoms with van der Waals surface area (Å²) in [6, 6.07) is 24.3. The molecule has 0 unspecified atom stereocenters. The average molecular weight is 478 g/mol. The Labute approximate surface area is 209 Å². The van der Waals surface area contributed by atoms with Crippen LogP contribution in [0.25, 0.3) is 0 Å². The summed E-state index contributed by atoms with van der Waals surface area (Å²) in [7, 11) is 6.45. The molecule has 1 aliphatic heterocycles. The molecule has 1 N–H and O–H groups in total. The molecular weight excluding hydrogens is 438 g/mol. The maximum Gasteiger partial charge on any atom is 0.0933 e. The second-order valence-electron chi connectivity index (χ2n) is 9.60. The summed E-state index contributed by atoms with van der Waals surface area (Å²) in [6.07, 6.45) is 3.44. The summed E-state index contributed by atoms with van der Waals surface area (Å²) >= 11 is 1.78. The fraction of sp³-hybridized carbons (Fsp3) is 0.448. The molecule has 1 fully saturated rings. The standard InChI is InChI=1S/C29H39N3OS/c1-30-17-14-27(28-13-8-20-34-28)33-23-25-10-7-9-24(21-25)22-32-18-15-29(16-19-32,31(2)3)26-11-5-4-6-12-26/h4-13,20-21,27,30H,14-19,22-23H2,1-3H3/t27-/m0/s1. The van der Waals surface area contributed by atoms with E-state index in [2.05, 4.69) is 101 Å². The number of benzene rings is 2. The van der Waals surface area contributed by atoms with E-state index in [1.54, 1.807) is 11.3 Å². The van der Waals surface area contributed by atoms with E-state index < -0.39 is 0 Å². The molecular formula is C29H39N3OS. The van der Waals surface area contributed by atoms with Crippen molar-refractivity contribution in [2.75, 3.05) is 40.8 Å². The average Bonchev–Trinajstić information content (AvgIpc) is 3.40. The minimum Gasteiger partial charge on any atom is -0.368 e. The quantitative estimate of drug-likeness (QED) is 0.385. The van der Waals surface area contributed by atoms with Crippen LogP contribution in [0, 0.1) is 0 Å². The van der Waals surface area contributed by atoms with Gasteiger partial charge >= 0.3 is 0 Å². The summed E-state index contributed by atoms with van der Waals surface area (Å²) < 4.78 is 6.37. The van der Waals surface area contributed by atoms with Crippen molar-refractivity contribution in [3.8, 4) is 0 Å². The fourth-order valence-corrected chi connectivity index (χ4v) is 5.96. The van der Waals surface area contributed by atoms with Crippen molar-refractivity contribution in [1.29, 1.82) is 0 Å². The van der Waals surface area contributed by atoms with Crippen LogP contribution < -0.4 is 5.32 Å². The Morgan fingerprint density at radius 3 is 2.44 bits per heavy atom.